The fraction of sp³-hybridized carbons (Fsp3) is 0.529. The number of nitrogens with zero attached hydrogens (tertiary/aromatic N) is 3. The molecule has 1 saturated carbocycles. The Balaban J connectivity index is 1.73. The van der Waals surface area contributed by atoms with Gasteiger partial charge in [0.2, 0.25) is 11.9 Å². The third-order valence-electron chi connectivity index (χ3n) is 4.87. The van der Waals surface area contributed by atoms with Crippen molar-refractivity contribution in [2.24, 2.45) is 21.5 Å². The van der Waals surface area contributed by atoms with E-state index in [4.69, 9.17) is 16.5 Å². The summed E-state index contributed by atoms with van der Waals surface area (Å²) >= 11 is 4.03. The standard InChI is InChI=1S/C17H23N5S2/c18-15-20-16(19)22(17(21-15)7-2-1-3-8-17)13-6-4-5-12(11-13)14-23-9-10-24-14/h4-6,11,14H,1-3,7-10H2,(H4,18,19,20,21). The van der Waals surface area contributed by atoms with Gasteiger partial charge in [-0.3, -0.25) is 4.90 Å². The Labute approximate surface area is 151 Å². The number of rotatable bonds is 2. The summed E-state index contributed by atoms with van der Waals surface area (Å²) in [6, 6.07) is 8.70. The average molecular weight is 362 g/mol. The smallest absolute Gasteiger partial charge is 0.220 e. The number of aliphatic imine (C=N–C) groups is 2. The highest BCUT2D eigenvalue weighted by atomic mass is 32.2. The van der Waals surface area contributed by atoms with Crippen LogP contribution < -0.4 is 16.4 Å². The second kappa shape index (κ2) is 6.52. The van der Waals surface area contributed by atoms with Gasteiger partial charge in [0.05, 0.1) is 4.58 Å². The molecule has 1 saturated heterocycles. The zero-order chi connectivity index (χ0) is 16.6. The molecule has 1 aliphatic carbocycles. The average Bonchev–Trinajstić information content (AvgIpc) is 3.09. The highest BCUT2D eigenvalue weighted by Crippen LogP contribution is 2.47. The van der Waals surface area contributed by atoms with Gasteiger partial charge < -0.3 is 11.5 Å². The quantitative estimate of drug-likeness (QED) is 0.845. The van der Waals surface area contributed by atoms with E-state index in [9.17, 15) is 0 Å². The zero-order valence-corrected chi connectivity index (χ0v) is 15.3. The minimum Gasteiger partial charge on any atom is -0.369 e. The highest BCUT2D eigenvalue weighted by Gasteiger charge is 2.42. The van der Waals surface area contributed by atoms with Crippen molar-refractivity contribution in [1.29, 1.82) is 0 Å². The predicted molar refractivity (Wildman–Crippen MR) is 106 cm³/mol. The van der Waals surface area contributed by atoms with E-state index in [0.29, 0.717) is 16.5 Å². The molecule has 0 atom stereocenters. The molecule has 0 aromatic heterocycles. The number of anilines is 1. The lowest BCUT2D eigenvalue weighted by molar-refractivity contribution is 0.305. The van der Waals surface area contributed by atoms with Crippen LogP contribution in [-0.4, -0.2) is 29.1 Å². The van der Waals surface area contributed by atoms with E-state index in [0.717, 1.165) is 31.4 Å². The van der Waals surface area contributed by atoms with Crippen LogP contribution >= 0.6 is 23.5 Å². The van der Waals surface area contributed by atoms with E-state index < -0.39 is 0 Å². The molecule has 7 heteroatoms. The summed E-state index contributed by atoms with van der Waals surface area (Å²) in [5.74, 6) is 3.21. The molecule has 2 aliphatic heterocycles. The molecule has 4 N–H and O–H groups in total. The number of nitrogens with two attached hydrogens (primary N) is 2. The van der Waals surface area contributed by atoms with Gasteiger partial charge in [-0.1, -0.05) is 18.6 Å². The Hall–Kier alpha value is -1.34. The molecular weight excluding hydrogens is 338 g/mol. The van der Waals surface area contributed by atoms with Crippen molar-refractivity contribution in [3.05, 3.63) is 29.8 Å². The van der Waals surface area contributed by atoms with Crippen LogP contribution in [0.4, 0.5) is 5.69 Å². The molecular formula is C17H23N5S2. The second-order valence-electron chi connectivity index (χ2n) is 6.49. The summed E-state index contributed by atoms with van der Waals surface area (Å²) < 4.78 is 0.517. The van der Waals surface area contributed by atoms with E-state index in [1.54, 1.807) is 0 Å². The Morgan fingerprint density at radius 2 is 1.83 bits per heavy atom. The van der Waals surface area contributed by atoms with Crippen molar-refractivity contribution in [3.8, 4) is 0 Å². The Bertz CT molecular complexity index is 675. The van der Waals surface area contributed by atoms with Crippen LogP contribution in [0.15, 0.2) is 34.3 Å². The molecule has 2 heterocycles. The maximum atomic E-state index is 6.32. The molecule has 5 nitrogen and oxygen atoms in total. The van der Waals surface area contributed by atoms with Crippen molar-refractivity contribution in [2.45, 2.75) is 42.3 Å². The molecule has 2 fully saturated rings. The summed E-state index contributed by atoms with van der Waals surface area (Å²) in [6.07, 6.45) is 5.49. The number of thioether (sulfide) groups is 2. The van der Waals surface area contributed by atoms with Crippen LogP contribution in [0, 0.1) is 0 Å². The van der Waals surface area contributed by atoms with Gasteiger partial charge in [0.25, 0.3) is 0 Å². The molecule has 24 heavy (non-hydrogen) atoms. The lowest BCUT2D eigenvalue weighted by Crippen LogP contribution is -2.58. The SMILES string of the molecule is NC1=NC2(CCCCC2)N(c2cccc(C3SCCS3)c2)C(N)=N1. The summed E-state index contributed by atoms with van der Waals surface area (Å²) in [6.45, 7) is 0. The van der Waals surface area contributed by atoms with Crippen LogP contribution in [-0.2, 0) is 0 Å². The number of benzene rings is 1. The molecule has 1 spiro atoms. The van der Waals surface area contributed by atoms with Gasteiger partial charge in [0.1, 0.15) is 5.66 Å². The van der Waals surface area contributed by atoms with E-state index in [2.05, 4.69) is 34.2 Å². The van der Waals surface area contributed by atoms with Gasteiger partial charge in [0, 0.05) is 17.2 Å². The second-order valence-corrected chi connectivity index (χ2v) is 9.21. The lowest BCUT2D eigenvalue weighted by atomic mass is 9.87. The maximum Gasteiger partial charge on any atom is 0.220 e. The Kier molecular flexibility index (Phi) is 4.39. The number of hydrogen-bond acceptors (Lipinski definition) is 7. The first kappa shape index (κ1) is 16.1. The fourth-order valence-electron chi connectivity index (χ4n) is 3.86. The molecule has 128 valence electrons. The first-order valence-electron chi connectivity index (χ1n) is 8.51. The van der Waals surface area contributed by atoms with E-state index in [1.807, 2.05) is 23.5 Å². The normalized spacial score (nSPS) is 24.1. The molecule has 1 aromatic rings. The van der Waals surface area contributed by atoms with Crippen molar-refractivity contribution in [2.75, 3.05) is 16.4 Å². The van der Waals surface area contributed by atoms with Gasteiger partial charge in [-0.25, -0.2) is 4.99 Å². The maximum absolute atomic E-state index is 6.32. The van der Waals surface area contributed by atoms with Gasteiger partial charge in [-0.05, 0) is 43.4 Å². The minimum atomic E-state index is -0.358. The van der Waals surface area contributed by atoms with Crippen LogP contribution in [0.2, 0.25) is 0 Å². The molecule has 0 bridgehead atoms. The molecule has 4 rings (SSSR count). The molecule has 1 aromatic carbocycles. The zero-order valence-electron chi connectivity index (χ0n) is 13.6. The summed E-state index contributed by atoms with van der Waals surface area (Å²) in [5, 5.41) is 0. The van der Waals surface area contributed by atoms with Crippen LogP contribution in [0.25, 0.3) is 0 Å². The highest BCUT2D eigenvalue weighted by molar-refractivity contribution is 8.19. The third kappa shape index (κ3) is 2.88. The Morgan fingerprint density at radius 1 is 1.08 bits per heavy atom. The Morgan fingerprint density at radius 3 is 2.58 bits per heavy atom. The predicted octanol–water partition coefficient (Wildman–Crippen LogP) is 3.28. The summed E-state index contributed by atoms with van der Waals surface area (Å²) in [5.41, 5.74) is 14.3. The van der Waals surface area contributed by atoms with E-state index >= 15 is 0 Å². The first-order valence-corrected chi connectivity index (χ1v) is 10.6. The van der Waals surface area contributed by atoms with Crippen LogP contribution in [0.1, 0.15) is 42.2 Å². The van der Waals surface area contributed by atoms with Gasteiger partial charge in [-0.2, -0.15) is 4.99 Å². The fourth-order valence-corrected chi connectivity index (χ4v) is 6.69. The molecule has 0 unspecified atom stereocenters. The largest absolute Gasteiger partial charge is 0.369 e. The van der Waals surface area contributed by atoms with E-state index in [-0.39, 0.29) is 5.66 Å². The summed E-state index contributed by atoms with van der Waals surface area (Å²) in [4.78, 5) is 11.1. The van der Waals surface area contributed by atoms with Gasteiger partial charge in [-0.15, -0.1) is 23.5 Å². The van der Waals surface area contributed by atoms with Crippen LogP contribution in [0.5, 0.6) is 0 Å². The topological polar surface area (TPSA) is 80.0 Å². The monoisotopic (exact) mass is 361 g/mol. The van der Waals surface area contributed by atoms with Crippen molar-refractivity contribution >= 4 is 41.1 Å². The van der Waals surface area contributed by atoms with Crippen LogP contribution in [0.3, 0.4) is 0 Å². The van der Waals surface area contributed by atoms with Crippen molar-refractivity contribution in [1.82, 2.24) is 0 Å². The lowest BCUT2D eigenvalue weighted by Gasteiger charge is -2.45. The third-order valence-corrected chi connectivity index (χ3v) is 7.98. The van der Waals surface area contributed by atoms with Gasteiger partial charge in [0.15, 0.2) is 0 Å². The molecule has 0 radical (unpaired) electrons. The van der Waals surface area contributed by atoms with Gasteiger partial charge >= 0.3 is 0 Å². The van der Waals surface area contributed by atoms with Crippen molar-refractivity contribution in [3.63, 3.8) is 0 Å². The summed E-state index contributed by atoms with van der Waals surface area (Å²) in [7, 11) is 0. The first-order chi connectivity index (χ1) is 11.7. The molecule has 0 amide bonds. The number of hydrogen-bond donors (Lipinski definition) is 2. The number of guanidine groups is 2. The minimum absolute atomic E-state index is 0.309. The van der Waals surface area contributed by atoms with E-state index in [1.165, 1.54) is 23.5 Å². The van der Waals surface area contributed by atoms with Crippen molar-refractivity contribution < 1.29 is 0 Å². The molecule has 3 aliphatic rings.